The molecule has 5 heteroatoms. The van der Waals surface area contributed by atoms with Crippen LogP contribution in [-0.4, -0.2) is 26.5 Å². The fraction of sp³-hybridized carbons (Fsp3) is 0.154. The Kier molecular flexibility index (Phi) is 2.64. The third kappa shape index (κ3) is 1.90. The molecule has 0 amide bonds. The van der Waals surface area contributed by atoms with Gasteiger partial charge in [-0.2, -0.15) is 0 Å². The number of para-hydroxylation sites is 2. The van der Waals surface area contributed by atoms with Crippen molar-refractivity contribution in [1.82, 2.24) is 19.9 Å². The van der Waals surface area contributed by atoms with Gasteiger partial charge in [-0.15, -0.1) is 0 Å². The number of aromatic nitrogens is 4. The maximum atomic E-state index is 5.33. The van der Waals surface area contributed by atoms with Gasteiger partial charge in [-0.25, -0.2) is 9.97 Å². The summed E-state index contributed by atoms with van der Waals surface area (Å²) < 4.78 is 5.33. The standard InChI is InChI=1S/C13H12N4O/c1-2-18-12-8-14-7-11(15-12)13-16-9-5-3-4-6-10(9)17-13/h3-8H,2H2,1H3,(H,16,17). The monoisotopic (exact) mass is 240 g/mol. The first-order valence-corrected chi connectivity index (χ1v) is 5.77. The third-order valence-electron chi connectivity index (χ3n) is 2.54. The number of imidazole rings is 1. The van der Waals surface area contributed by atoms with Crippen LogP contribution >= 0.6 is 0 Å². The maximum absolute atomic E-state index is 5.33. The van der Waals surface area contributed by atoms with E-state index in [1.807, 2.05) is 31.2 Å². The number of nitrogens with one attached hydrogen (secondary N) is 1. The number of nitrogens with zero attached hydrogens (tertiary/aromatic N) is 3. The molecule has 2 heterocycles. The van der Waals surface area contributed by atoms with E-state index in [-0.39, 0.29) is 0 Å². The van der Waals surface area contributed by atoms with Crippen molar-refractivity contribution in [2.24, 2.45) is 0 Å². The van der Waals surface area contributed by atoms with E-state index in [1.165, 1.54) is 0 Å². The Hall–Kier alpha value is -2.43. The van der Waals surface area contributed by atoms with E-state index in [1.54, 1.807) is 12.4 Å². The Labute approximate surface area is 104 Å². The number of H-pyrrole nitrogens is 1. The largest absolute Gasteiger partial charge is 0.477 e. The molecular formula is C13H12N4O. The molecular weight excluding hydrogens is 228 g/mol. The Morgan fingerprint density at radius 3 is 2.89 bits per heavy atom. The van der Waals surface area contributed by atoms with Gasteiger partial charge in [-0.05, 0) is 19.1 Å². The highest BCUT2D eigenvalue weighted by Gasteiger charge is 2.07. The SMILES string of the molecule is CCOc1cncc(-c2nc3ccccc3[nH]2)n1. The van der Waals surface area contributed by atoms with Crippen LogP contribution in [0.5, 0.6) is 5.88 Å². The molecule has 0 saturated carbocycles. The summed E-state index contributed by atoms with van der Waals surface area (Å²) in [5, 5.41) is 0. The molecule has 5 nitrogen and oxygen atoms in total. The van der Waals surface area contributed by atoms with Gasteiger partial charge >= 0.3 is 0 Å². The van der Waals surface area contributed by atoms with Crippen molar-refractivity contribution in [3.63, 3.8) is 0 Å². The van der Waals surface area contributed by atoms with Crippen LogP contribution in [0.4, 0.5) is 0 Å². The van der Waals surface area contributed by atoms with Crippen molar-refractivity contribution in [2.75, 3.05) is 6.61 Å². The van der Waals surface area contributed by atoms with Crippen LogP contribution in [0.25, 0.3) is 22.6 Å². The van der Waals surface area contributed by atoms with Crippen molar-refractivity contribution in [1.29, 1.82) is 0 Å². The van der Waals surface area contributed by atoms with Gasteiger partial charge in [0.05, 0.1) is 30.0 Å². The molecule has 0 aliphatic heterocycles. The summed E-state index contributed by atoms with van der Waals surface area (Å²) in [6, 6.07) is 7.85. The Balaban J connectivity index is 2.05. The number of hydrogen-bond donors (Lipinski definition) is 1. The Morgan fingerprint density at radius 2 is 2.06 bits per heavy atom. The van der Waals surface area contributed by atoms with Gasteiger partial charge in [0.15, 0.2) is 5.82 Å². The zero-order valence-corrected chi connectivity index (χ0v) is 9.92. The zero-order valence-electron chi connectivity index (χ0n) is 9.92. The summed E-state index contributed by atoms with van der Waals surface area (Å²) in [6.45, 7) is 2.48. The number of rotatable bonds is 3. The fourth-order valence-corrected chi connectivity index (χ4v) is 1.75. The van der Waals surface area contributed by atoms with E-state index in [4.69, 9.17) is 4.74 Å². The molecule has 1 aromatic carbocycles. The van der Waals surface area contributed by atoms with Gasteiger partial charge in [-0.1, -0.05) is 12.1 Å². The zero-order chi connectivity index (χ0) is 12.4. The second kappa shape index (κ2) is 4.44. The molecule has 0 aliphatic carbocycles. The summed E-state index contributed by atoms with van der Waals surface area (Å²) in [5.41, 5.74) is 2.57. The summed E-state index contributed by atoms with van der Waals surface area (Å²) in [7, 11) is 0. The fourth-order valence-electron chi connectivity index (χ4n) is 1.75. The summed E-state index contributed by atoms with van der Waals surface area (Å²) >= 11 is 0. The van der Waals surface area contributed by atoms with Gasteiger partial charge in [0.2, 0.25) is 5.88 Å². The third-order valence-corrected chi connectivity index (χ3v) is 2.54. The number of hydrogen-bond acceptors (Lipinski definition) is 4. The van der Waals surface area contributed by atoms with Crippen LogP contribution in [0.3, 0.4) is 0 Å². The lowest BCUT2D eigenvalue weighted by molar-refractivity contribution is 0.325. The first-order chi connectivity index (χ1) is 8.86. The van der Waals surface area contributed by atoms with Gasteiger partial charge in [0.25, 0.3) is 0 Å². The van der Waals surface area contributed by atoms with E-state index in [0.29, 0.717) is 24.0 Å². The molecule has 0 unspecified atom stereocenters. The number of benzene rings is 1. The average Bonchev–Trinajstić information content (AvgIpc) is 2.83. The van der Waals surface area contributed by atoms with Crippen LogP contribution in [0.15, 0.2) is 36.7 Å². The summed E-state index contributed by atoms with van der Waals surface area (Å²) in [5.74, 6) is 1.21. The molecule has 2 aromatic heterocycles. The van der Waals surface area contributed by atoms with E-state index in [2.05, 4.69) is 19.9 Å². The average molecular weight is 240 g/mol. The smallest absolute Gasteiger partial charge is 0.232 e. The first kappa shape index (κ1) is 10.7. The van der Waals surface area contributed by atoms with Crippen LogP contribution in [-0.2, 0) is 0 Å². The maximum Gasteiger partial charge on any atom is 0.232 e. The van der Waals surface area contributed by atoms with Gasteiger partial charge in [0, 0.05) is 0 Å². The van der Waals surface area contributed by atoms with Crippen molar-refractivity contribution in [2.45, 2.75) is 6.92 Å². The second-order valence-electron chi connectivity index (χ2n) is 3.78. The minimum atomic E-state index is 0.510. The summed E-state index contributed by atoms with van der Waals surface area (Å²) in [4.78, 5) is 16.1. The molecule has 0 aliphatic rings. The van der Waals surface area contributed by atoms with Gasteiger partial charge in [-0.3, -0.25) is 4.98 Å². The van der Waals surface area contributed by atoms with Crippen molar-refractivity contribution < 1.29 is 4.74 Å². The van der Waals surface area contributed by atoms with E-state index in [0.717, 1.165) is 11.0 Å². The Bertz CT molecular complexity index is 644. The highest BCUT2D eigenvalue weighted by Crippen LogP contribution is 2.19. The van der Waals surface area contributed by atoms with E-state index >= 15 is 0 Å². The quantitative estimate of drug-likeness (QED) is 0.763. The van der Waals surface area contributed by atoms with Gasteiger partial charge < -0.3 is 9.72 Å². The van der Waals surface area contributed by atoms with Crippen LogP contribution in [0.2, 0.25) is 0 Å². The molecule has 0 fully saturated rings. The molecule has 0 bridgehead atoms. The predicted octanol–water partition coefficient (Wildman–Crippen LogP) is 2.42. The minimum absolute atomic E-state index is 0.510. The van der Waals surface area contributed by atoms with Crippen molar-refractivity contribution in [3.8, 4) is 17.4 Å². The lowest BCUT2D eigenvalue weighted by atomic mass is 10.3. The van der Waals surface area contributed by atoms with Crippen LogP contribution in [0, 0.1) is 0 Å². The second-order valence-corrected chi connectivity index (χ2v) is 3.78. The minimum Gasteiger partial charge on any atom is -0.477 e. The molecule has 3 aromatic rings. The van der Waals surface area contributed by atoms with Crippen molar-refractivity contribution >= 4 is 11.0 Å². The number of aromatic amines is 1. The summed E-state index contributed by atoms with van der Waals surface area (Å²) in [6.07, 6.45) is 3.26. The van der Waals surface area contributed by atoms with Crippen LogP contribution in [0.1, 0.15) is 6.92 Å². The van der Waals surface area contributed by atoms with E-state index in [9.17, 15) is 0 Å². The number of ether oxygens (including phenoxy) is 1. The predicted molar refractivity (Wildman–Crippen MR) is 68.3 cm³/mol. The topological polar surface area (TPSA) is 63.7 Å². The normalized spacial score (nSPS) is 10.7. The first-order valence-electron chi connectivity index (χ1n) is 5.77. The highest BCUT2D eigenvalue weighted by molar-refractivity contribution is 5.78. The van der Waals surface area contributed by atoms with Crippen molar-refractivity contribution in [3.05, 3.63) is 36.7 Å². The lowest BCUT2D eigenvalue weighted by Gasteiger charge is -2.01. The molecule has 1 N–H and O–H groups in total. The van der Waals surface area contributed by atoms with E-state index < -0.39 is 0 Å². The molecule has 0 radical (unpaired) electrons. The molecule has 3 rings (SSSR count). The molecule has 0 atom stereocenters. The Morgan fingerprint density at radius 1 is 1.17 bits per heavy atom. The lowest BCUT2D eigenvalue weighted by Crippen LogP contribution is -1.96. The highest BCUT2D eigenvalue weighted by atomic mass is 16.5. The molecule has 90 valence electrons. The van der Waals surface area contributed by atoms with Crippen LogP contribution < -0.4 is 4.74 Å². The molecule has 18 heavy (non-hydrogen) atoms. The number of fused-ring (bicyclic) bond motifs is 1. The molecule has 0 spiro atoms. The van der Waals surface area contributed by atoms with Gasteiger partial charge in [0.1, 0.15) is 5.69 Å². The molecule has 0 saturated heterocycles.